The second-order valence-electron chi connectivity index (χ2n) is 10.0. The number of carbonyl (C=O) groups is 5. The van der Waals surface area contributed by atoms with Gasteiger partial charge in [0.25, 0.3) is 5.60 Å². The number of ketones is 2. The third-order valence-corrected chi connectivity index (χ3v) is 5.39. The van der Waals surface area contributed by atoms with E-state index < -0.39 is 70.2 Å². The highest BCUT2D eigenvalue weighted by Crippen LogP contribution is 2.38. The summed E-state index contributed by atoms with van der Waals surface area (Å²) in [7, 11) is 0. The van der Waals surface area contributed by atoms with E-state index in [9.17, 15) is 76.7 Å². The van der Waals surface area contributed by atoms with Crippen molar-refractivity contribution in [3.63, 3.8) is 0 Å². The summed E-state index contributed by atoms with van der Waals surface area (Å²) >= 11 is 4.24. The van der Waals surface area contributed by atoms with E-state index in [-0.39, 0.29) is 50.0 Å². The summed E-state index contributed by atoms with van der Waals surface area (Å²) in [5.74, 6) is -6.54. The Morgan fingerprint density at radius 2 is 0.736 bits per heavy atom. The Bertz CT molecular complexity index is 878. The Labute approximate surface area is 327 Å². The number of carboxylic acid groups (broad SMARTS) is 2. The molecule has 10 nitrogen and oxygen atoms in total. The van der Waals surface area contributed by atoms with Gasteiger partial charge in [-0.1, -0.05) is 37.1 Å². The van der Waals surface area contributed by atoms with E-state index in [1.165, 1.54) is 6.92 Å². The van der Waals surface area contributed by atoms with Crippen molar-refractivity contribution in [2.75, 3.05) is 6.61 Å². The average Bonchev–Trinajstić information content (AvgIpc) is 2.83. The first-order valence-corrected chi connectivity index (χ1v) is 18.3. The number of carbonyl (C=O) groups excluding carboxylic acids is 3. The fourth-order valence-electron chi connectivity index (χ4n) is 0.845. The predicted molar refractivity (Wildman–Crippen MR) is 194 cm³/mol. The van der Waals surface area contributed by atoms with Gasteiger partial charge in [-0.25, -0.2) is 4.79 Å². The summed E-state index contributed by atoms with van der Waals surface area (Å²) in [5.41, 5.74) is -11.7. The summed E-state index contributed by atoms with van der Waals surface area (Å²) in [6, 6.07) is 0. The number of hydrogen-bond acceptors (Lipinski definition) is 8. The molecule has 0 spiro atoms. The molecule has 0 aliphatic heterocycles. The van der Waals surface area contributed by atoms with E-state index in [4.69, 9.17) is 20.4 Å². The topological polar surface area (TPSA) is 175 Å². The summed E-state index contributed by atoms with van der Waals surface area (Å²) < 4.78 is 144. The fourth-order valence-corrected chi connectivity index (χ4v) is 0.845. The molecular weight excluding hydrogens is 990 g/mol. The van der Waals surface area contributed by atoms with Gasteiger partial charge in [-0.05, 0) is 62.3 Å². The van der Waals surface area contributed by atoms with Gasteiger partial charge in [0.1, 0.15) is 11.2 Å². The van der Waals surface area contributed by atoms with E-state index in [1.807, 2.05) is 0 Å². The van der Waals surface area contributed by atoms with Crippen LogP contribution < -0.4 is 0 Å². The third-order valence-electron chi connectivity index (χ3n) is 5.39. The number of rotatable bonds is 5. The molecule has 53 heavy (non-hydrogen) atoms. The van der Waals surface area contributed by atoms with Crippen molar-refractivity contribution in [2.45, 2.75) is 142 Å². The van der Waals surface area contributed by atoms with E-state index in [0.29, 0.717) is 34.3 Å². The zero-order valence-electron chi connectivity index (χ0n) is 26.7. The minimum absolute atomic E-state index is 0. The molecule has 0 saturated heterocycles. The molecule has 0 aromatic heterocycles. The molecular formula is C29H56F12I2O10. The zero-order chi connectivity index (χ0) is 41.3. The van der Waals surface area contributed by atoms with Gasteiger partial charge in [0.05, 0.1) is 6.61 Å². The van der Waals surface area contributed by atoms with Crippen LogP contribution in [0.2, 0.25) is 0 Å². The number of hydrogen-bond donors (Lipinski definition) is 4. The second kappa shape index (κ2) is 30.5. The Morgan fingerprint density at radius 3 is 0.736 bits per heavy atom. The van der Waals surface area contributed by atoms with Gasteiger partial charge < -0.3 is 25.2 Å². The van der Waals surface area contributed by atoms with Crippen LogP contribution in [0, 0.1) is 10.8 Å². The highest BCUT2D eigenvalue weighted by atomic mass is 128. The van der Waals surface area contributed by atoms with Crippen LogP contribution in [0.5, 0.6) is 0 Å². The van der Waals surface area contributed by atoms with Crippen LogP contribution in [0.15, 0.2) is 0 Å². The van der Waals surface area contributed by atoms with Crippen LogP contribution in [0.3, 0.4) is 0 Å². The van der Waals surface area contributed by atoms with Gasteiger partial charge in [-0.15, -0.1) is 0 Å². The van der Waals surface area contributed by atoms with Crippen molar-refractivity contribution in [1.82, 2.24) is 0 Å². The van der Waals surface area contributed by atoms with Gasteiger partial charge in [-0.2, -0.15) is 52.7 Å². The van der Waals surface area contributed by atoms with Gasteiger partial charge in [0.15, 0.2) is 11.2 Å². The van der Waals surface area contributed by atoms with Gasteiger partial charge >= 0.3 is 42.6 Å². The molecule has 0 aliphatic rings. The van der Waals surface area contributed by atoms with Crippen molar-refractivity contribution in [3.05, 3.63) is 0 Å². The van der Waals surface area contributed by atoms with Gasteiger partial charge in [0.2, 0.25) is 5.60 Å². The SMILES string of the molecule is C.C.C.C.C.CC(=O)C(C)(C)C(F)(F)F.CC(=O)[C@@](C)(O)C(F)(F)F.CC(C)(C(=O)O)C(F)(F)F.CCOC(C)=O.C[C@@](O)(C(=O)O)C(F)(F)F.II. The molecule has 24 heteroatoms. The summed E-state index contributed by atoms with van der Waals surface area (Å²) in [6.07, 6.45) is -19.1. The molecule has 0 aliphatic carbocycles. The standard InChI is InChI=1S/C6H9F3O.2C5H7F3O2.C4H5F3O3.C4H8O2.5CH4.I2/c1-4(10)5(2,3)6(7,8)9;1-4(2,3(9)10)5(6,7)8;1-3(9)4(2,10)5(6,7)8;1-3(10,2(8)9)4(5,6)7;1-3-6-4(2)5;;;;;;1-2/h1-3H3;1-2H3,(H,9,10);10H,1-2H3;10H,1H3,(H,8,9);3H2,1-2H3;5*1H4;/t;;4-;3-;;;;;;;/m..11......./s1. The van der Waals surface area contributed by atoms with Crippen LogP contribution in [0.1, 0.15) is 106 Å². The molecule has 0 amide bonds. The number of halogens is 14. The molecule has 0 bridgehead atoms. The molecule has 0 radical (unpaired) electrons. The van der Waals surface area contributed by atoms with Crippen molar-refractivity contribution >= 4 is 66.7 Å². The lowest BCUT2D eigenvalue weighted by atomic mass is 9.88. The zero-order valence-corrected chi connectivity index (χ0v) is 31.1. The Balaban J connectivity index is -0.0000000449. The predicted octanol–water partition coefficient (Wildman–Crippen LogP) is 10.6. The maximum absolute atomic E-state index is 11.9. The number of esters is 1. The van der Waals surface area contributed by atoms with E-state index in [0.717, 1.165) is 20.8 Å². The van der Waals surface area contributed by atoms with Crippen LogP contribution in [-0.4, -0.2) is 92.4 Å². The number of alkyl halides is 12. The monoisotopic (exact) mass is 1050 g/mol. The van der Waals surface area contributed by atoms with Crippen LogP contribution in [-0.2, 0) is 28.7 Å². The molecule has 0 aromatic rings. The van der Waals surface area contributed by atoms with Gasteiger partial charge in [0, 0.05) is 44.2 Å². The lowest BCUT2D eigenvalue weighted by Gasteiger charge is -2.23. The number of ether oxygens (including phenoxy) is 1. The number of aliphatic hydroxyl groups is 2. The maximum Gasteiger partial charge on any atom is 0.427 e. The molecule has 0 heterocycles. The number of Topliss-reactive ketones (excluding diaryl/α,β-unsaturated/α-hetero) is 2. The Hall–Kier alpha value is -1.71. The highest BCUT2D eigenvalue weighted by molar-refractivity contribution is 15.0. The Kier molecular flexibility index (Phi) is 46.0. The minimum Gasteiger partial charge on any atom is -0.481 e. The lowest BCUT2D eigenvalue weighted by Crippen LogP contribution is -2.49. The molecule has 0 fully saturated rings. The van der Waals surface area contributed by atoms with Crippen LogP contribution >= 0.6 is 37.2 Å². The van der Waals surface area contributed by atoms with E-state index in [2.05, 4.69) is 42.0 Å². The highest BCUT2D eigenvalue weighted by Gasteiger charge is 2.56. The van der Waals surface area contributed by atoms with E-state index >= 15 is 0 Å². The third kappa shape index (κ3) is 31.2. The first kappa shape index (κ1) is 79.9. The quantitative estimate of drug-likeness (QED) is 0.118. The van der Waals surface area contributed by atoms with Gasteiger partial charge in [-0.3, -0.25) is 19.2 Å². The fraction of sp³-hybridized carbons (Fsp3) is 0.828. The van der Waals surface area contributed by atoms with Crippen LogP contribution in [0.4, 0.5) is 52.7 Å². The van der Waals surface area contributed by atoms with Crippen molar-refractivity contribution in [3.8, 4) is 0 Å². The summed E-state index contributed by atoms with van der Waals surface area (Å²) in [4.78, 5) is 50.0. The second-order valence-corrected chi connectivity index (χ2v) is 10.0. The van der Waals surface area contributed by atoms with Crippen molar-refractivity contribution in [1.29, 1.82) is 0 Å². The minimum atomic E-state index is -5.13. The first-order valence-electron chi connectivity index (χ1n) is 12.0. The first-order chi connectivity index (χ1) is 20.5. The largest absolute Gasteiger partial charge is 0.481 e. The Morgan fingerprint density at radius 1 is 0.491 bits per heavy atom. The molecule has 2 atom stereocenters. The molecule has 330 valence electrons. The van der Waals surface area contributed by atoms with Crippen molar-refractivity contribution < 1.29 is 102 Å². The number of aliphatic carboxylic acids is 2. The average molecular weight is 1050 g/mol. The van der Waals surface area contributed by atoms with Crippen molar-refractivity contribution in [2.24, 2.45) is 10.8 Å². The number of carboxylic acids is 2. The molecule has 4 N–H and O–H groups in total. The smallest absolute Gasteiger partial charge is 0.427 e. The molecule has 0 aromatic carbocycles. The van der Waals surface area contributed by atoms with Crippen LogP contribution in [0.25, 0.3) is 0 Å². The normalized spacial score (nSPS) is 12.9. The lowest BCUT2D eigenvalue weighted by molar-refractivity contribution is -0.253. The summed E-state index contributed by atoms with van der Waals surface area (Å²) in [6.45, 7) is 8.86. The molecule has 0 unspecified atom stereocenters. The molecule has 0 saturated carbocycles. The molecule has 0 rings (SSSR count). The van der Waals surface area contributed by atoms with E-state index in [1.54, 1.807) is 6.92 Å². The maximum atomic E-state index is 11.9. The summed E-state index contributed by atoms with van der Waals surface area (Å²) in [5, 5.41) is 32.5.